The Hall–Kier alpha value is -0.900. The molecule has 66 valence electrons. The number of hydrogen-bond donors (Lipinski definition) is 1. The number of carbonyl (C=O) groups is 1. The molecule has 0 aliphatic heterocycles. The number of hydrogen-bond acceptors (Lipinski definition) is 3. The maximum absolute atomic E-state index is 10.4. The lowest BCUT2D eigenvalue weighted by atomic mass is 10.1. The molecule has 0 aliphatic carbocycles. The summed E-state index contributed by atoms with van der Waals surface area (Å²) < 4.78 is 4.09. The zero-order valence-electron chi connectivity index (χ0n) is 7.07. The summed E-state index contributed by atoms with van der Waals surface area (Å²) in [6.45, 7) is 3.81. The van der Waals surface area contributed by atoms with Crippen molar-refractivity contribution in [2.24, 2.45) is 0 Å². The Balaban J connectivity index is 2.64. The van der Waals surface area contributed by atoms with Crippen LogP contribution in [-0.4, -0.2) is 15.4 Å². The van der Waals surface area contributed by atoms with Crippen LogP contribution in [0.4, 0.5) is 0 Å². The summed E-state index contributed by atoms with van der Waals surface area (Å²) in [4.78, 5) is 11.4. The van der Waals surface area contributed by atoms with E-state index in [9.17, 15) is 4.79 Å². The standard InChI is InChI=1S/C8H11NO2S/c1-5(3-8(10)11)7-4-6(2)9-12-7/h4-5H,3H2,1-2H3,(H,10,11). The van der Waals surface area contributed by atoms with Crippen LogP contribution in [-0.2, 0) is 4.79 Å². The van der Waals surface area contributed by atoms with Gasteiger partial charge in [-0.05, 0) is 24.5 Å². The monoisotopic (exact) mass is 185 g/mol. The minimum Gasteiger partial charge on any atom is -0.481 e. The van der Waals surface area contributed by atoms with Gasteiger partial charge in [-0.15, -0.1) is 0 Å². The van der Waals surface area contributed by atoms with Crippen molar-refractivity contribution in [1.82, 2.24) is 4.37 Å². The predicted octanol–water partition coefficient (Wildman–Crippen LogP) is 2.03. The number of aryl methyl sites for hydroxylation is 1. The highest BCUT2D eigenvalue weighted by atomic mass is 32.1. The summed E-state index contributed by atoms with van der Waals surface area (Å²) in [5.74, 6) is -0.678. The van der Waals surface area contributed by atoms with E-state index in [0.717, 1.165) is 10.6 Å². The van der Waals surface area contributed by atoms with E-state index in [1.54, 1.807) is 0 Å². The van der Waals surface area contributed by atoms with Gasteiger partial charge in [0.25, 0.3) is 0 Å². The van der Waals surface area contributed by atoms with Gasteiger partial charge in [0, 0.05) is 10.8 Å². The Morgan fingerprint density at radius 2 is 2.50 bits per heavy atom. The zero-order valence-corrected chi connectivity index (χ0v) is 7.89. The molecule has 0 amide bonds. The van der Waals surface area contributed by atoms with Crippen molar-refractivity contribution in [1.29, 1.82) is 0 Å². The molecule has 4 heteroatoms. The zero-order chi connectivity index (χ0) is 9.14. The third-order valence-electron chi connectivity index (χ3n) is 1.61. The SMILES string of the molecule is Cc1cc(C(C)CC(=O)O)sn1. The molecule has 1 unspecified atom stereocenters. The van der Waals surface area contributed by atoms with Crippen LogP contribution in [0.3, 0.4) is 0 Å². The molecule has 12 heavy (non-hydrogen) atoms. The summed E-state index contributed by atoms with van der Waals surface area (Å²) in [6, 6.07) is 1.94. The van der Waals surface area contributed by atoms with E-state index in [-0.39, 0.29) is 12.3 Å². The lowest BCUT2D eigenvalue weighted by Crippen LogP contribution is -2.00. The second-order valence-electron chi connectivity index (χ2n) is 2.87. The van der Waals surface area contributed by atoms with Crippen LogP contribution in [0.25, 0.3) is 0 Å². The van der Waals surface area contributed by atoms with E-state index < -0.39 is 5.97 Å². The van der Waals surface area contributed by atoms with Gasteiger partial charge >= 0.3 is 5.97 Å². The molecule has 0 radical (unpaired) electrons. The van der Waals surface area contributed by atoms with Gasteiger partial charge in [0.2, 0.25) is 0 Å². The van der Waals surface area contributed by atoms with Crippen LogP contribution in [0, 0.1) is 6.92 Å². The van der Waals surface area contributed by atoms with Crippen LogP contribution in [0.2, 0.25) is 0 Å². The van der Waals surface area contributed by atoms with E-state index in [2.05, 4.69) is 4.37 Å². The van der Waals surface area contributed by atoms with Crippen molar-refractivity contribution in [2.45, 2.75) is 26.2 Å². The van der Waals surface area contributed by atoms with Gasteiger partial charge in [-0.1, -0.05) is 6.92 Å². The summed E-state index contributed by atoms with van der Waals surface area (Å²) in [6.07, 6.45) is 0.182. The summed E-state index contributed by atoms with van der Waals surface area (Å²) in [5.41, 5.74) is 0.965. The first-order valence-electron chi connectivity index (χ1n) is 3.74. The molecule has 1 atom stereocenters. The number of nitrogens with zero attached hydrogens (tertiary/aromatic N) is 1. The van der Waals surface area contributed by atoms with Gasteiger partial charge in [0.15, 0.2) is 0 Å². The average Bonchev–Trinajstić information content (AvgIpc) is 2.34. The number of carboxylic acids is 1. The minimum absolute atomic E-state index is 0.0775. The molecule has 1 aromatic heterocycles. The number of aromatic nitrogens is 1. The quantitative estimate of drug-likeness (QED) is 0.783. The Morgan fingerprint density at radius 1 is 1.83 bits per heavy atom. The van der Waals surface area contributed by atoms with Gasteiger partial charge in [-0.25, -0.2) is 0 Å². The smallest absolute Gasteiger partial charge is 0.303 e. The molecule has 0 fully saturated rings. The van der Waals surface area contributed by atoms with E-state index in [4.69, 9.17) is 5.11 Å². The second kappa shape index (κ2) is 3.67. The first-order valence-corrected chi connectivity index (χ1v) is 4.52. The van der Waals surface area contributed by atoms with Crippen LogP contribution in [0.1, 0.15) is 29.8 Å². The predicted molar refractivity (Wildman–Crippen MR) is 47.5 cm³/mol. The lowest BCUT2D eigenvalue weighted by molar-refractivity contribution is -0.137. The molecule has 0 saturated heterocycles. The third kappa shape index (κ3) is 2.30. The molecule has 0 aliphatic rings. The fraction of sp³-hybridized carbons (Fsp3) is 0.500. The molecule has 1 N–H and O–H groups in total. The lowest BCUT2D eigenvalue weighted by Gasteiger charge is -2.02. The third-order valence-corrected chi connectivity index (χ3v) is 2.72. The highest BCUT2D eigenvalue weighted by Crippen LogP contribution is 2.23. The average molecular weight is 185 g/mol. The Bertz CT molecular complexity index is 282. The van der Waals surface area contributed by atoms with E-state index >= 15 is 0 Å². The van der Waals surface area contributed by atoms with Crippen molar-refractivity contribution < 1.29 is 9.90 Å². The van der Waals surface area contributed by atoms with Crippen molar-refractivity contribution in [3.8, 4) is 0 Å². The van der Waals surface area contributed by atoms with Crippen LogP contribution >= 0.6 is 11.5 Å². The van der Waals surface area contributed by atoms with Gasteiger partial charge in [-0.2, -0.15) is 4.37 Å². The molecule has 0 spiro atoms. The maximum Gasteiger partial charge on any atom is 0.303 e. The van der Waals surface area contributed by atoms with Crippen LogP contribution < -0.4 is 0 Å². The van der Waals surface area contributed by atoms with Crippen molar-refractivity contribution >= 4 is 17.5 Å². The van der Waals surface area contributed by atoms with E-state index in [1.807, 2.05) is 19.9 Å². The summed E-state index contributed by atoms with van der Waals surface area (Å²) in [5, 5.41) is 8.54. The summed E-state index contributed by atoms with van der Waals surface area (Å²) >= 11 is 1.39. The highest BCUT2D eigenvalue weighted by Gasteiger charge is 2.12. The molecule has 1 heterocycles. The molecule has 0 saturated carbocycles. The largest absolute Gasteiger partial charge is 0.481 e. The molecule has 0 bridgehead atoms. The van der Waals surface area contributed by atoms with Gasteiger partial charge in [0.1, 0.15) is 0 Å². The van der Waals surface area contributed by atoms with E-state index in [1.165, 1.54) is 11.5 Å². The normalized spacial score (nSPS) is 12.8. The molecule has 0 aromatic carbocycles. The molecule has 3 nitrogen and oxygen atoms in total. The summed E-state index contributed by atoms with van der Waals surface area (Å²) in [7, 11) is 0. The first kappa shape index (κ1) is 9.19. The van der Waals surface area contributed by atoms with Crippen molar-refractivity contribution in [2.75, 3.05) is 0 Å². The van der Waals surface area contributed by atoms with Gasteiger partial charge in [-0.3, -0.25) is 4.79 Å². The Morgan fingerprint density at radius 3 is 2.92 bits per heavy atom. The van der Waals surface area contributed by atoms with Gasteiger partial charge < -0.3 is 5.11 Å². The second-order valence-corrected chi connectivity index (χ2v) is 3.71. The molecule has 1 aromatic rings. The Labute approximate surface area is 75.2 Å². The minimum atomic E-state index is -0.756. The Kier molecular flexibility index (Phi) is 2.81. The maximum atomic E-state index is 10.4. The molecular formula is C8H11NO2S. The van der Waals surface area contributed by atoms with Crippen LogP contribution in [0.5, 0.6) is 0 Å². The first-order chi connectivity index (χ1) is 5.59. The van der Waals surface area contributed by atoms with Gasteiger partial charge in [0.05, 0.1) is 12.1 Å². The van der Waals surface area contributed by atoms with Crippen LogP contribution in [0.15, 0.2) is 6.07 Å². The van der Waals surface area contributed by atoms with Crippen molar-refractivity contribution in [3.05, 3.63) is 16.6 Å². The molecule has 1 rings (SSSR count). The number of rotatable bonds is 3. The fourth-order valence-corrected chi connectivity index (χ4v) is 1.77. The fourth-order valence-electron chi connectivity index (χ4n) is 0.978. The molecular weight excluding hydrogens is 174 g/mol. The highest BCUT2D eigenvalue weighted by molar-refractivity contribution is 7.05. The number of aliphatic carboxylic acids is 1. The van der Waals surface area contributed by atoms with E-state index in [0.29, 0.717) is 0 Å². The van der Waals surface area contributed by atoms with Crippen molar-refractivity contribution in [3.63, 3.8) is 0 Å². The topological polar surface area (TPSA) is 50.2 Å². The number of carboxylic acid groups (broad SMARTS) is 1.